The summed E-state index contributed by atoms with van der Waals surface area (Å²) >= 11 is 0. The van der Waals surface area contributed by atoms with E-state index in [1.165, 1.54) is 12.8 Å². The molecule has 19 heavy (non-hydrogen) atoms. The molecule has 0 bridgehead atoms. The largest absolute Gasteiger partial charge is 0.352 e. The van der Waals surface area contributed by atoms with Crippen molar-refractivity contribution in [1.82, 2.24) is 10.6 Å². The van der Waals surface area contributed by atoms with E-state index in [1.54, 1.807) is 0 Å². The van der Waals surface area contributed by atoms with Gasteiger partial charge in [-0.3, -0.25) is 4.79 Å². The molecule has 0 aromatic rings. The Hall–Kier alpha value is -0.570. The van der Waals surface area contributed by atoms with Crippen LogP contribution in [0.15, 0.2) is 0 Å². The van der Waals surface area contributed by atoms with Crippen LogP contribution in [0, 0.1) is 0 Å². The highest BCUT2D eigenvalue weighted by molar-refractivity contribution is 5.86. The molecular weight excluding hydrogens is 236 g/mol. The lowest BCUT2D eigenvalue weighted by atomic mass is 9.90. The standard InChI is InChI=1S/C16H32N2O/c1-4-7-10-14(9-5-2)18-15(19)16(11-6-3)12-8-13-17-16/h14,17H,4-13H2,1-3H3,(H,18,19). The van der Waals surface area contributed by atoms with Gasteiger partial charge in [-0.2, -0.15) is 0 Å². The van der Waals surface area contributed by atoms with Crippen LogP contribution in [0.4, 0.5) is 0 Å². The van der Waals surface area contributed by atoms with Gasteiger partial charge in [-0.1, -0.05) is 46.5 Å². The molecule has 0 radical (unpaired) electrons. The van der Waals surface area contributed by atoms with E-state index in [0.717, 1.165) is 51.5 Å². The molecule has 2 unspecified atom stereocenters. The average molecular weight is 268 g/mol. The van der Waals surface area contributed by atoms with Crippen molar-refractivity contribution < 1.29 is 4.79 Å². The molecule has 2 N–H and O–H groups in total. The van der Waals surface area contributed by atoms with Gasteiger partial charge in [0.1, 0.15) is 0 Å². The predicted molar refractivity (Wildman–Crippen MR) is 81.2 cm³/mol. The molecule has 1 saturated heterocycles. The van der Waals surface area contributed by atoms with Crippen molar-refractivity contribution in [3.63, 3.8) is 0 Å². The summed E-state index contributed by atoms with van der Waals surface area (Å²) in [6, 6.07) is 0.369. The molecule has 1 heterocycles. The topological polar surface area (TPSA) is 41.1 Å². The molecule has 1 rings (SSSR count). The molecule has 3 nitrogen and oxygen atoms in total. The van der Waals surface area contributed by atoms with Gasteiger partial charge >= 0.3 is 0 Å². The lowest BCUT2D eigenvalue weighted by Crippen LogP contribution is -2.55. The molecule has 1 amide bonds. The molecule has 2 atom stereocenters. The molecule has 1 aliphatic heterocycles. The highest BCUT2D eigenvalue weighted by Crippen LogP contribution is 2.25. The molecule has 0 saturated carbocycles. The zero-order valence-corrected chi connectivity index (χ0v) is 13.1. The van der Waals surface area contributed by atoms with E-state index in [-0.39, 0.29) is 11.4 Å². The van der Waals surface area contributed by atoms with Gasteiger partial charge < -0.3 is 10.6 Å². The minimum Gasteiger partial charge on any atom is -0.352 e. The second-order valence-corrected chi connectivity index (χ2v) is 5.96. The van der Waals surface area contributed by atoms with E-state index in [4.69, 9.17) is 0 Å². The van der Waals surface area contributed by atoms with Gasteiger partial charge in [0.25, 0.3) is 0 Å². The molecule has 0 aliphatic carbocycles. The second-order valence-electron chi connectivity index (χ2n) is 5.96. The lowest BCUT2D eigenvalue weighted by molar-refractivity contribution is -0.128. The molecule has 1 fully saturated rings. The van der Waals surface area contributed by atoms with Crippen LogP contribution >= 0.6 is 0 Å². The first kappa shape index (κ1) is 16.5. The highest BCUT2D eigenvalue weighted by atomic mass is 16.2. The Morgan fingerprint density at radius 1 is 1.21 bits per heavy atom. The first-order valence-corrected chi connectivity index (χ1v) is 8.24. The van der Waals surface area contributed by atoms with Crippen LogP contribution in [0.25, 0.3) is 0 Å². The summed E-state index contributed by atoms with van der Waals surface area (Å²) in [7, 11) is 0. The third-order valence-electron chi connectivity index (χ3n) is 4.23. The van der Waals surface area contributed by atoms with E-state index >= 15 is 0 Å². The molecule has 112 valence electrons. The van der Waals surface area contributed by atoms with Gasteiger partial charge in [0.15, 0.2) is 0 Å². The van der Waals surface area contributed by atoms with Gasteiger partial charge in [-0.25, -0.2) is 0 Å². The number of hydrogen-bond acceptors (Lipinski definition) is 2. The molecule has 1 aliphatic rings. The molecule has 0 aromatic heterocycles. The van der Waals surface area contributed by atoms with Gasteiger partial charge in [-0.05, 0) is 38.6 Å². The van der Waals surface area contributed by atoms with Crippen molar-refractivity contribution in [1.29, 1.82) is 0 Å². The SMILES string of the molecule is CCCCC(CCC)NC(=O)C1(CCC)CCCN1. The predicted octanol–water partition coefficient (Wildman–Crippen LogP) is 3.38. The number of carbonyl (C=O) groups excluding carboxylic acids is 1. The van der Waals surface area contributed by atoms with Crippen LogP contribution in [0.2, 0.25) is 0 Å². The lowest BCUT2D eigenvalue weighted by Gasteiger charge is -2.30. The Balaban J connectivity index is 2.57. The smallest absolute Gasteiger partial charge is 0.240 e. The number of amides is 1. The van der Waals surface area contributed by atoms with E-state index in [0.29, 0.717) is 6.04 Å². The Morgan fingerprint density at radius 2 is 2.00 bits per heavy atom. The second kappa shape index (κ2) is 8.57. The Morgan fingerprint density at radius 3 is 2.53 bits per heavy atom. The van der Waals surface area contributed by atoms with Crippen LogP contribution < -0.4 is 10.6 Å². The monoisotopic (exact) mass is 268 g/mol. The minimum absolute atomic E-state index is 0.251. The molecule has 0 aromatic carbocycles. The number of hydrogen-bond donors (Lipinski definition) is 2. The summed E-state index contributed by atoms with van der Waals surface area (Å²) in [4.78, 5) is 12.6. The Kier molecular flexibility index (Phi) is 7.44. The third kappa shape index (κ3) is 4.79. The van der Waals surface area contributed by atoms with Crippen LogP contribution in [0.1, 0.15) is 78.6 Å². The maximum atomic E-state index is 12.6. The highest BCUT2D eigenvalue weighted by Gasteiger charge is 2.40. The van der Waals surface area contributed by atoms with Crippen LogP contribution in [-0.2, 0) is 4.79 Å². The van der Waals surface area contributed by atoms with E-state index in [9.17, 15) is 4.79 Å². The summed E-state index contributed by atoms with van der Waals surface area (Å²) in [5, 5.41) is 6.78. The first-order valence-electron chi connectivity index (χ1n) is 8.24. The summed E-state index contributed by atoms with van der Waals surface area (Å²) in [6.45, 7) is 7.55. The summed E-state index contributed by atoms with van der Waals surface area (Å²) in [5.74, 6) is 0.251. The van der Waals surface area contributed by atoms with Crippen LogP contribution in [-0.4, -0.2) is 24.0 Å². The minimum atomic E-state index is -0.271. The van der Waals surface area contributed by atoms with Gasteiger partial charge in [0.05, 0.1) is 5.54 Å². The Bertz CT molecular complexity index is 259. The average Bonchev–Trinajstić information content (AvgIpc) is 2.86. The normalized spacial score (nSPS) is 24.4. The van der Waals surface area contributed by atoms with Crippen molar-refractivity contribution in [2.45, 2.75) is 90.1 Å². The number of unbranched alkanes of at least 4 members (excludes halogenated alkanes) is 1. The maximum Gasteiger partial charge on any atom is 0.240 e. The summed E-state index contributed by atoms with van der Waals surface area (Å²) in [5.41, 5.74) is -0.271. The summed E-state index contributed by atoms with van der Waals surface area (Å²) in [6.07, 6.45) is 9.93. The number of rotatable bonds is 9. The fourth-order valence-corrected chi connectivity index (χ4v) is 3.16. The fraction of sp³-hybridized carbons (Fsp3) is 0.938. The zero-order chi connectivity index (χ0) is 14.1. The molecule has 0 spiro atoms. The third-order valence-corrected chi connectivity index (χ3v) is 4.23. The number of nitrogens with one attached hydrogen (secondary N) is 2. The quantitative estimate of drug-likeness (QED) is 0.673. The van der Waals surface area contributed by atoms with Gasteiger partial charge in [-0.15, -0.1) is 0 Å². The van der Waals surface area contributed by atoms with Crippen LogP contribution in [0.3, 0.4) is 0 Å². The van der Waals surface area contributed by atoms with Crippen molar-refractivity contribution >= 4 is 5.91 Å². The fourth-order valence-electron chi connectivity index (χ4n) is 3.16. The van der Waals surface area contributed by atoms with Gasteiger partial charge in [0.2, 0.25) is 5.91 Å². The van der Waals surface area contributed by atoms with Crippen molar-refractivity contribution in [2.75, 3.05) is 6.54 Å². The van der Waals surface area contributed by atoms with E-state index < -0.39 is 0 Å². The Labute approximate surface area is 118 Å². The van der Waals surface area contributed by atoms with Crippen molar-refractivity contribution in [3.8, 4) is 0 Å². The molecule has 3 heteroatoms. The number of carbonyl (C=O) groups is 1. The van der Waals surface area contributed by atoms with E-state index in [2.05, 4.69) is 31.4 Å². The maximum absolute atomic E-state index is 12.6. The van der Waals surface area contributed by atoms with Crippen molar-refractivity contribution in [2.24, 2.45) is 0 Å². The summed E-state index contributed by atoms with van der Waals surface area (Å²) < 4.78 is 0. The van der Waals surface area contributed by atoms with Crippen LogP contribution in [0.5, 0.6) is 0 Å². The first-order chi connectivity index (χ1) is 9.18. The van der Waals surface area contributed by atoms with E-state index in [1.807, 2.05) is 0 Å². The molecular formula is C16H32N2O. The van der Waals surface area contributed by atoms with Crippen molar-refractivity contribution in [3.05, 3.63) is 0 Å². The zero-order valence-electron chi connectivity index (χ0n) is 13.1. The van der Waals surface area contributed by atoms with Gasteiger partial charge in [0, 0.05) is 6.04 Å².